The van der Waals surface area contributed by atoms with Crippen LogP contribution in [0.2, 0.25) is 0 Å². The molecule has 1 aliphatic rings. The second-order valence-electron chi connectivity index (χ2n) is 2.84. The first-order valence-electron chi connectivity index (χ1n) is 3.66. The minimum absolute atomic E-state index is 0.693. The molecule has 0 saturated heterocycles. The van der Waals surface area contributed by atoms with Crippen LogP contribution in [-0.2, 0) is 4.74 Å². The maximum atomic E-state index is 5.09. The monoisotopic (exact) mass is 138 g/mol. The molecule has 0 aliphatic heterocycles. The predicted octanol–water partition coefficient (Wildman–Crippen LogP) is 2.50. The summed E-state index contributed by atoms with van der Waals surface area (Å²) in [5.74, 6) is 1.70. The Kier molecular flexibility index (Phi) is 2.15. The number of hydrogen-bond acceptors (Lipinski definition) is 1. The van der Waals surface area contributed by atoms with E-state index in [1.807, 2.05) is 0 Å². The summed E-state index contributed by atoms with van der Waals surface area (Å²) in [6.45, 7) is 4.38. The third kappa shape index (κ3) is 1.41. The van der Waals surface area contributed by atoms with Crippen molar-refractivity contribution in [3.8, 4) is 0 Å². The summed E-state index contributed by atoms with van der Waals surface area (Å²) in [7, 11) is 1.71. The first-order valence-corrected chi connectivity index (χ1v) is 3.66. The highest BCUT2D eigenvalue weighted by Gasteiger charge is 2.08. The lowest BCUT2D eigenvalue weighted by Gasteiger charge is -2.15. The van der Waals surface area contributed by atoms with Crippen molar-refractivity contribution < 1.29 is 4.74 Å². The SMILES string of the molecule is COC1=CC[C@@H](C)C(C)=C1. The Morgan fingerprint density at radius 2 is 2.30 bits per heavy atom. The normalized spacial score (nSPS) is 25.3. The van der Waals surface area contributed by atoms with Crippen molar-refractivity contribution in [2.45, 2.75) is 20.3 Å². The van der Waals surface area contributed by atoms with E-state index in [0.717, 1.165) is 12.2 Å². The maximum Gasteiger partial charge on any atom is 0.114 e. The Labute approximate surface area is 62.4 Å². The molecule has 0 spiro atoms. The molecular weight excluding hydrogens is 124 g/mol. The van der Waals surface area contributed by atoms with Crippen molar-refractivity contribution in [1.82, 2.24) is 0 Å². The predicted molar refractivity (Wildman–Crippen MR) is 42.6 cm³/mol. The van der Waals surface area contributed by atoms with Gasteiger partial charge >= 0.3 is 0 Å². The summed E-state index contributed by atoms with van der Waals surface area (Å²) in [6, 6.07) is 0. The molecule has 1 rings (SSSR count). The lowest BCUT2D eigenvalue weighted by atomic mass is 9.94. The molecule has 0 radical (unpaired) electrons. The van der Waals surface area contributed by atoms with Crippen molar-refractivity contribution in [2.75, 3.05) is 7.11 Å². The molecule has 1 aliphatic carbocycles. The Morgan fingerprint density at radius 1 is 1.60 bits per heavy atom. The van der Waals surface area contributed by atoms with E-state index in [1.165, 1.54) is 5.57 Å². The quantitative estimate of drug-likeness (QED) is 0.541. The van der Waals surface area contributed by atoms with Gasteiger partial charge in [0.15, 0.2) is 0 Å². The highest BCUT2D eigenvalue weighted by Crippen LogP contribution is 2.22. The molecule has 0 aromatic rings. The second kappa shape index (κ2) is 2.91. The third-order valence-corrected chi connectivity index (χ3v) is 2.06. The fourth-order valence-corrected chi connectivity index (χ4v) is 1.05. The van der Waals surface area contributed by atoms with Gasteiger partial charge in [-0.3, -0.25) is 0 Å². The topological polar surface area (TPSA) is 9.23 Å². The van der Waals surface area contributed by atoms with Crippen LogP contribution >= 0.6 is 0 Å². The van der Waals surface area contributed by atoms with Gasteiger partial charge in [-0.05, 0) is 31.4 Å². The van der Waals surface area contributed by atoms with Gasteiger partial charge in [0.25, 0.3) is 0 Å². The first kappa shape index (κ1) is 7.39. The average molecular weight is 138 g/mol. The standard InChI is InChI=1S/C9H14O/c1-7-4-5-9(10-3)6-8(7)2/h5-7H,4H2,1-3H3/t7-/m1/s1. The summed E-state index contributed by atoms with van der Waals surface area (Å²) < 4.78 is 5.09. The number of hydrogen-bond donors (Lipinski definition) is 0. The molecule has 1 heteroatoms. The van der Waals surface area contributed by atoms with Crippen LogP contribution in [0, 0.1) is 5.92 Å². The van der Waals surface area contributed by atoms with Gasteiger partial charge in [0.1, 0.15) is 5.76 Å². The van der Waals surface area contributed by atoms with Crippen LogP contribution in [0.15, 0.2) is 23.5 Å². The lowest BCUT2D eigenvalue weighted by Crippen LogP contribution is -2.01. The lowest BCUT2D eigenvalue weighted by molar-refractivity contribution is 0.300. The van der Waals surface area contributed by atoms with Crippen molar-refractivity contribution in [3.05, 3.63) is 23.5 Å². The largest absolute Gasteiger partial charge is 0.497 e. The fraction of sp³-hybridized carbons (Fsp3) is 0.556. The number of ether oxygens (including phenoxy) is 1. The van der Waals surface area contributed by atoms with Crippen molar-refractivity contribution in [2.24, 2.45) is 5.92 Å². The van der Waals surface area contributed by atoms with Crippen LogP contribution in [0.25, 0.3) is 0 Å². The van der Waals surface area contributed by atoms with E-state index in [4.69, 9.17) is 4.74 Å². The molecule has 1 nitrogen and oxygen atoms in total. The first-order chi connectivity index (χ1) is 4.74. The number of rotatable bonds is 1. The van der Waals surface area contributed by atoms with Crippen molar-refractivity contribution in [3.63, 3.8) is 0 Å². The third-order valence-electron chi connectivity index (χ3n) is 2.06. The smallest absolute Gasteiger partial charge is 0.114 e. The average Bonchev–Trinajstić information content (AvgIpc) is 1.95. The van der Waals surface area contributed by atoms with E-state index in [2.05, 4.69) is 26.0 Å². The molecule has 1 atom stereocenters. The fourth-order valence-electron chi connectivity index (χ4n) is 1.05. The van der Waals surface area contributed by atoms with Gasteiger partial charge in [0.2, 0.25) is 0 Å². The molecule has 56 valence electrons. The molecule has 0 heterocycles. The zero-order chi connectivity index (χ0) is 7.56. The van der Waals surface area contributed by atoms with E-state index >= 15 is 0 Å². The van der Waals surface area contributed by atoms with E-state index in [-0.39, 0.29) is 0 Å². The van der Waals surface area contributed by atoms with E-state index in [0.29, 0.717) is 5.92 Å². The van der Waals surface area contributed by atoms with Crippen LogP contribution in [0.4, 0.5) is 0 Å². The minimum Gasteiger partial charge on any atom is -0.497 e. The number of allylic oxidation sites excluding steroid dienone is 3. The Balaban J connectivity index is 2.69. The highest BCUT2D eigenvalue weighted by molar-refractivity contribution is 5.23. The van der Waals surface area contributed by atoms with Gasteiger partial charge in [-0.25, -0.2) is 0 Å². The summed E-state index contributed by atoms with van der Waals surface area (Å²) >= 11 is 0. The van der Waals surface area contributed by atoms with Crippen molar-refractivity contribution >= 4 is 0 Å². The van der Waals surface area contributed by atoms with Gasteiger partial charge in [-0.1, -0.05) is 12.5 Å². The molecule has 0 N–H and O–H groups in total. The molecular formula is C9H14O. The van der Waals surface area contributed by atoms with Gasteiger partial charge in [0, 0.05) is 0 Å². The zero-order valence-corrected chi connectivity index (χ0v) is 6.85. The van der Waals surface area contributed by atoms with E-state index in [1.54, 1.807) is 7.11 Å². The Hall–Kier alpha value is -0.720. The summed E-state index contributed by atoms with van der Waals surface area (Å²) in [4.78, 5) is 0. The molecule has 0 fully saturated rings. The highest BCUT2D eigenvalue weighted by atomic mass is 16.5. The summed E-state index contributed by atoms with van der Waals surface area (Å²) in [5, 5.41) is 0. The van der Waals surface area contributed by atoms with Crippen LogP contribution < -0.4 is 0 Å². The maximum absolute atomic E-state index is 5.09. The number of methoxy groups -OCH3 is 1. The van der Waals surface area contributed by atoms with E-state index in [9.17, 15) is 0 Å². The molecule has 0 unspecified atom stereocenters. The Morgan fingerprint density at radius 3 is 2.80 bits per heavy atom. The molecule has 0 aromatic heterocycles. The van der Waals surface area contributed by atoms with Crippen molar-refractivity contribution in [1.29, 1.82) is 0 Å². The zero-order valence-electron chi connectivity index (χ0n) is 6.85. The minimum atomic E-state index is 0.693. The molecule has 0 bridgehead atoms. The van der Waals surface area contributed by atoms with Gasteiger partial charge in [-0.2, -0.15) is 0 Å². The molecule has 0 aromatic carbocycles. The summed E-state index contributed by atoms with van der Waals surface area (Å²) in [5.41, 5.74) is 1.42. The second-order valence-corrected chi connectivity index (χ2v) is 2.84. The van der Waals surface area contributed by atoms with Crippen LogP contribution in [0.3, 0.4) is 0 Å². The van der Waals surface area contributed by atoms with Crippen LogP contribution in [-0.4, -0.2) is 7.11 Å². The van der Waals surface area contributed by atoms with Crippen LogP contribution in [0.1, 0.15) is 20.3 Å². The van der Waals surface area contributed by atoms with Crippen LogP contribution in [0.5, 0.6) is 0 Å². The van der Waals surface area contributed by atoms with Gasteiger partial charge in [0.05, 0.1) is 7.11 Å². The Bertz CT molecular complexity index is 177. The van der Waals surface area contributed by atoms with Gasteiger partial charge < -0.3 is 4.74 Å². The summed E-state index contributed by atoms with van der Waals surface area (Å²) in [6.07, 6.45) is 5.36. The molecule has 0 saturated carbocycles. The molecule has 10 heavy (non-hydrogen) atoms. The molecule has 0 amide bonds. The van der Waals surface area contributed by atoms with E-state index < -0.39 is 0 Å². The van der Waals surface area contributed by atoms with Gasteiger partial charge in [-0.15, -0.1) is 0 Å².